The third-order valence-corrected chi connectivity index (χ3v) is 3.23. The topological polar surface area (TPSA) is 85.5 Å². The van der Waals surface area contributed by atoms with E-state index in [0.29, 0.717) is 16.6 Å². The van der Waals surface area contributed by atoms with Gasteiger partial charge in [0.2, 0.25) is 0 Å². The third-order valence-electron chi connectivity index (χ3n) is 3.23. The van der Waals surface area contributed by atoms with E-state index in [-0.39, 0.29) is 16.6 Å². The van der Waals surface area contributed by atoms with Crippen molar-refractivity contribution in [2.24, 2.45) is 0 Å². The SMILES string of the molecule is COC(=O)/C=C(\C(=O)OC)c1c(C)[nH]c2ccccc2c1=O. The molecule has 2 rings (SSSR count). The minimum atomic E-state index is -0.783. The first kappa shape index (κ1) is 15.5. The quantitative estimate of drug-likeness (QED) is 0.687. The van der Waals surface area contributed by atoms with E-state index in [2.05, 4.69) is 14.5 Å². The largest absolute Gasteiger partial charge is 0.466 e. The number of ether oxygens (including phenoxy) is 2. The summed E-state index contributed by atoms with van der Waals surface area (Å²) in [5.41, 5.74) is 0.711. The van der Waals surface area contributed by atoms with Crippen molar-refractivity contribution in [1.82, 2.24) is 4.98 Å². The number of aromatic nitrogens is 1. The van der Waals surface area contributed by atoms with Gasteiger partial charge in [0.1, 0.15) is 0 Å². The normalized spacial score (nSPS) is 11.3. The number of fused-ring (bicyclic) bond motifs is 1. The lowest BCUT2D eigenvalue weighted by Crippen LogP contribution is -2.18. The van der Waals surface area contributed by atoms with Gasteiger partial charge in [-0.15, -0.1) is 0 Å². The fraction of sp³-hybridized carbons (Fsp3) is 0.188. The monoisotopic (exact) mass is 301 g/mol. The second-order valence-electron chi connectivity index (χ2n) is 4.57. The van der Waals surface area contributed by atoms with E-state index in [1.165, 1.54) is 14.2 Å². The Morgan fingerprint density at radius 1 is 1.14 bits per heavy atom. The number of methoxy groups -OCH3 is 2. The van der Waals surface area contributed by atoms with Gasteiger partial charge in [-0.2, -0.15) is 0 Å². The number of pyridine rings is 1. The maximum Gasteiger partial charge on any atom is 0.338 e. The number of aromatic amines is 1. The van der Waals surface area contributed by atoms with E-state index in [9.17, 15) is 14.4 Å². The molecule has 114 valence electrons. The lowest BCUT2D eigenvalue weighted by Gasteiger charge is -2.10. The van der Waals surface area contributed by atoms with Crippen LogP contribution in [-0.2, 0) is 19.1 Å². The van der Waals surface area contributed by atoms with Crippen LogP contribution in [0.4, 0.5) is 0 Å². The first-order valence-electron chi connectivity index (χ1n) is 6.49. The van der Waals surface area contributed by atoms with E-state index in [1.807, 2.05) is 0 Å². The Bertz CT molecular complexity index is 832. The molecule has 6 heteroatoms. The number of nitrogens with one attached hydrogen (secondary N) is 1. The predicted molar refractivity (Wildman–Crippen MR) is 81.3 cm³/mol. The molecule has 6 nitrogen and oxygen atoms in total. The van der Waals surface area contributed by atoms with Crippen LogP contribution in [0.3, 0.4) is 0 Å². The summed E-state index contributed by atoms with van der Waals surface area (Å²) >= 11 is 0. The summed E-state index contributed by atoms with van der Waals surface area (Å²) in [5, 5.41) is 0.419. The fourth-order valence-electron chi connectivity index (χ4n) is 2.20. The Kier molecular flexibility index (Phi) is 4.41. The number of para-hydroxylation sites is 1. The number of hydrogen-bond donors (Lipinski definition) is 1. The van der Waals surface area contributed by atoms with Crippen LogP contribution >= 0.6 is 0 Å². The van der Waals surface area contributed by atoms with Gasteiger partial charge >= 0.3 is 11.9 Å². The van der Waals surface area contributed by atoms with Gasteiger partial charge in [-0.25, -0.2) is 9.59 Å². The van der Waals surface area contributed by atoms with Crippen LogP contribution in [0.15, 0.2) is 35.1 Å². The van der Waals surface area contributed by atoms with E-state index < -0.39 is 11.9 Å². The molecule has 0 amide bonds. The number of hydrogen-bond acceptors (Lipinski definition) is 5. The van der Waals surface area contributed by atoms with Gasteiger partial charge in [0.05, 0.1) is 25.4 Å². The summed E-state index contributed by atoms with van der Waals surface area (Å²) in [4.78, 5) is 39.1. The van der Waals surface area contributed by atoms with Gasteiger partial charge in [0.15, 0.2) is 5.43 Å². The zero-order valence-electron chi connectivity index (χ0n) is 12.4. The van der Waals surface area contributed by atoms with E-state index in [1.54, 1.807) is 31.2 Å². The highest BCUT2D eigenvalue weighted by Crippen LogP contribution is 2.19. The zero-order chi connectivity index (χ0) is 16.3. The number of esters is 2. The van der Waals surface area contributed by atoms with Crippen molar-refractivity contribution in [1.29, 1.82) is 0 Å². The minimum Gasteiger partial charge on any atom is -0.466 e. The number of carbonyl (C=O) groups is 2. The Morgan fingerprint density at radius 2 is 1.82 bits per heavy atom. The molecule has 1 aromatic heterocycles. The molecule has 0 fully saturated rings. The summed E-state index contributed by atoms with van der Waals surface area (Å²) in [5.74, 6) is -1.53. The van der Waals surface area contributed by atoms with Crippen LogP contribution in [0.2, 0.25) is 0 Å². The van der Waals surface area contributed by atoms with Gasteiger partial charge in [-0.05, 0) is 19.1 Å². The summed E-state index contributed by atoms with van der Waals surface area (Å²) in [6, 6.07) is 6.92. The zero-order valence-corrected chi connectivity index (χ0v) is 12.4. The van der Waals surface area contributed by atoms with Crippen LogP contribution in [0, 0.1) is 6.92 Å². The molecule has 1 heterocycles. The smallest absolute Gasteiger partial charge is 0.338 e. The highest BCUT2D eigenvalue weighted by atomic mass is 16.5. The average molecular weight is 301 g/mol. The Hall–Kier alpha value is -2.89. The molecule has 1 N–H and O–H groups in total. The van der Waals surface area contributed by atoms with Crippen LogP contribution in [-0.4, -0.2) is 31.1 Å². The van der Waals surface area contributed by atoms with Crippen molar-refractivity contribution in [3.63, 3.8) is 0 Å². The molecule has 0 unspecified atom stereocenters. The molecule has 0 aliphatic carbocycles. The van der Waals surface area contributed by atoms with Crippen molar-refractivity contribution in [3.05, 3.63) is 51.8 Å². The van der Waals surface area contributed by atoms with Gasteiger partial charge in [0, 0.05) is 22.7 Å². The lowest BCUT2D eigenvalue weighted by molar-refractivity contribution is -0.136. The summed E-state index contributed by atoms with van der Waals surface area (Å²) in [6.45, 7) is 1.65. The number of benzene rings is 1. The van der Waals surface area contributed by atoms with Gasteiger partial charge in [-0.3, -0.25) is 4.79 Å². The first-order valence-corrected chi connectivity index (χ1v) is 6.49. The third kappa shape index (κ3) is 2.76. The number of aryl methyl sites for hydroxylation is 1. The van der Waals surface area contributed by atoms with Crippen LogP contribution in [0.1, 0.15) is 11.3 Å². The standard InChI is InChI=1S/C16H15NO5/c1-9-14(11(16(20)22-3)8-13(18)21-2)15(19)10-6-4-5-7-12(10)17-9/h4-8H,1-3H3,(H,17,19)/b11-8-. The molecule has 0 spiro atoms. The number of H-pyrrole nitrogens is 1. The summed E-state index contributed by atoms with van der Waals surface area (Å²) in [6.07, 6.45) is 0.957. The predicted octanol–water partition coefficient (Wildman–Crippen LogP) is 1.57. The van der Waals surface area contributed by atoms with E-state index >= 15 is 0 Å². The van der Waals surface area contributed by atoms with Crippen LogP contribution in [0.5, 0.6) is 0 Å². The molecule has 1 aromatic carbocycles. The van der Waals surface area contributed by atoms with Crippen molar-refractivity contribution in [3.8, 4) is 0 Å². The fourth-order valence-corrected chi connectivity index (χ4v) is 2.20. The van der Waals surface area contributed by atoms with Crippen LogP contribution < -0.4 is 5.43 Å². The van der Waals surface area contributed by atoms with E-state index in [4.69, 9.17) is 0 Å². The summed E-state index contributed by atoms with van der Waals surface area (Å²) < 4.78 is 9.20. The second-order valence-corrected chi connectivity index (χ2v) is 4.57. The van der Waals surface area contributed by atoms with Gasteiger partial charge in [-0.1, -0.05) is 12.1 Å². The molecule has 0 radical (unpaired) electrons. The first-order chi connectivity index (χ1) is 10.5. The molecule has 22 heavy (non-hydrogen) atoms. The molecular formula is C16H15NO5. The maximum absolute atomic E-state index is 12.7. The Labute approximate surface area is 126 Å². The van der Waals surface area contributed by atoms with E-state index in [0.717, 1.165) is 6.08 Å². The van der Waals surface area contributed by atoms with Crippen molar-refractivity contribution in [2.75, 3.05) is 14.2 Å². The lowest BCUT2D eigenvalue weighted by atomic mass is 10.0. The van der Waals surface area contributed by atoms with Crippen molar-refractivity contribution in [2.45, 2.75) is 6.92 Å². The van der Waals surface area contributed by atoms with Gasteiger partial charge < -0.3 is 14.5 Å². The van der Waals surface area contributed by atoms with Gasteiger partial charge in [0.25, 0.3) is 0 Å². The number of rotatable bonds is 3. The molecule has 0 atom stereocenters. The maximum atomic E-state index is 12.7. The minimum absolute atomic E-state index is 0.0935. The molecule has 0 aliphatic heterocycles. The van der Waals surface area contributed by atoms with Crippen LogP contribution in [0.25, 0.3) is 16.5 Å². The Morgan fingerprint density at radius 3 is 2.45 bits per heavy atom. The van der Waals surface area contributed by atoms with Crippen molar-refractivity contribution < 1.29 is 19.1 Å². The average Bonchev–Trinajstić information content (AvgIpc) is 2.52. The molecule has 0 saturated heterocycles. The molecular weight excluding hydrogens is 286 g/mol. The highest BCUT2D eigenvalue weighted by molar-refractivity contribution is 6.21. The molecule has 0 aliphatic rings. The summed E-state index contributed by atoms with van der Waals surface area (Å²) in [7, 11) is 2.36. The van der Waals surface area contributed by atoms with Crippen molar-refractivity contribution >= 4 is 28.4 Å². The molecule has 0 saturated carbocycles. The second kappa shape index (κ2) is 6.26. The number of carbonyl (C=O) groups excluding carboxylic acids is 2. The molecule has 0 bridgehead atoms. The molecule has 2 aromatic rings. The highest BCUT2D eigenvalue weighted by Gasteiger charge is 2.21. The Balaban J connectivity index is 2.80.